The molecule has 0 saturated heterocycles. The highest BCUT2D eigenvalue weighted by molar-refractivity contribution is 7.80. The molecule has 0 fully saturated rings. The topological polar surface area (TPSA) is 90.6 Å². The number of hydrogen-bond donors (Lipinski definition) is 0. The molecule has 1 aliphatic heterocycles. The van der Waals surface area contributed by atoms with Gasteiger partial charge in [-0.25, -0.2) is 8.42 Å². The predicted molar refractivity (Wildman–Crippen MR) is 79.7 cm³/mol. The fourth-order valence-corrected chi connectivity index (χ4v) is 1.64. The van der Waals surface area contributed by atoms with Crippen LogP contribution < -0.4 is 0 Å². The van der Waals surface area contributed by atoms with E-state index in [2.05, 4.69) is 9.17 Å². The second-order valence-corrected chi connectivity index (χ2v) is 5.27. The molecule has 0 unspecified atom stereocenters. The predicted octanol–water partition coefficient (Wildman–Crippen LogP) is 2.82. The van der Waals surface area contributed by atoms with Gasteiger partial charge < -0.3 is 4.55 Å². The fraction of sp³-hybridized carbons (Fsp3) is 0.0667. The van der Waals surface area contributed by atoms with Gasteiger partial charge in [-0.2, -0.15) is 4.42 Å². The number of benzene rings is 1. The van der Waals surface area contributed by atoms with E-state index in [0.29, 0.717) is 5.89 Å². The monoisotopic (exact) mass is 319 g/mol. The molecule has 114 valence electrons. The smallest absolute Gasteiger partial charge is 0.461 e. The van der Waals surface area contributed by atoms with E-state index in [9.17, 15) is 13.0 Å². The molecular formula is C15H13NO5S. The average molecular weight is 319 g/mol. The van der Waals surface area contributed by atoms with E-state index in [1.807, 2.05) is 60.7 Å². The Bertz CT molecular complexity index is 774. The molecule has 22 heavy (non-hydrogen) atoms. The lowest BCUT2D eigenvalue weighted by Crippen LogP contribution is -1.97. The molecule has 0 amide bonds. The first-order chi connectivity index (χ1) is 10.5. The van der Waals surface area contributed by atoms with Crippen LogP contribution in [0.15, 0.2) is 65.1 Å². The molecule has 0 bridgehead atoms. The van der Waals surface area contributed by atoms with E-state index in [0.717, 1.165) is 24.1 Å². The lowest BCUT2D eigenvalue weighted by atomic mass is 10.2. The van der Waals surface area contributed by atoms with Crippen LogP contribution >= 0.6 is 0 Å². The molecule has 0 spiro atoms. The van der Waals surface area contributed by atoms with Crippen molar-refractivity contribution in [3.63, 3.8) is 0 Å². The molecule has 0 N–H and O–H groups in total. The van der Waals surface area contributed by atoms with E-state index in [4.69, 9.17) is 4.42 Å². The molecule has 0 atom stereocenters. The van der Waals surface area contributed by atoms with Crippen LogP contribution in [0.1, 0.15) is 0 Å². The Hall–Kier alpha value is -2.35. The minimum absolute atomic E-state index is 0.668. The van der Waals surface area contributed by atoms with Gasteiger partial charge >= 0.3 is 11.7 Å². The zero-order valence-electron chi connectivity index (χ0n) is 11.7. The van der Waals surface area contributed by atoms with Gasteiger partial charge in [-0.15, -0.1) is 4.98 Å². The van der Waals surface area contributed by atoms with Crippen LogP contribution in [0.4, 0.5) is 0 Å². The van der Waals surface area contributed by atoms with Crippen LogP contribution in [0.5, 0.6) is 0 Å². The van der Waals surface area contributed by atoms with Crippen LogP contribution in [0.3, 0.4) is 0 Å². The molecule has 3 rings (SSSR count). The molecule has 0 aromatic heterocycles. The summed E-state index contributed by atoms with van der Waals surface area (Å²) in [6.45, 7) is 0. The van der Waals surface area contributed by atoms with Crippen molar-refractivity contribution in [3.05, 3.63) is 60.7 Å². The summed E-state index contributed by atoms with van der Waals surface area (Å²) in [7, 11) is -3.60. The normalized spacial score (nSPS) is 10.8. The third-order valence-corrected chi connectivity index (χ3v) is 3.04. The first-order valence-electron chi connectivity index (χ1n) is 6.25. The fourth-order valence-electron chi connectivity index (χ4n) is 1.64. The van der Waals surface area contributed by atoms with Crippen molar-refractivity contribution >= 4 is 10.4 Å². The number of oxazole rings is 1. The number of fused-ring (bicyclic) bond motifs is 1. The van der Waals surface area contributed by atoms with E-state index in [1.54, 1.807) is 0 Å². The Labute approximate surface area is 128 Å². The summed E-state index contributed by atoms with van der Waals surface area (Å²) in [6, 6.07) is 19.7. The number of nitrogens with zero attached hydrogens (tertiary/aromatic N) is 1. The van der Waals surface area contributed by atoms with Crippen molar-refractivity contribution < 1.29 is 21.6 Å². The summed E-state index contributed by atoms with van der Waals surface area (Å²) >= 11 is 0. The van der Waals surface area contributed by atoms with E-state index < -0.39 is 10.4 Å². The van der Waals surface area contributed by atoms with Gasteiger partial charge in [0.05, 0.1) is 7.11 Å². The Morgan fingerprint density at radius 2 is 1.55 bits per heavy atom. The van der Waals surface area contributed by atoms with Gasteiger partial charge in [-0.1, -0.05) is 36.4 Å². The van der Waals surface area contributed by atoms with Crippen LogP contribution in [-0.4, -0.2) is 25.1 Å². The van der Waals surface area contributed by atoms with E-state index >= 15 is 0 Å². The van der Waals surface area contributed by atoms with Gasteiger partial charge in [0, 0.05) is 6.07 Å². The third-order valence-electron chi connectivity index (χ3n) is 2.63. The van der Waals surface area contributed by atoms with Crippen molar-refractivity contribution in [3.8, 4) is 22.9 Å². The summed E-state index contributed by atoms with van der Waals surface area (Å²) in [5, 5.41) is 0. The van der Waals surface area contributed by atoms with Crippen molar-refractivity contribution in [1.29, 1.82) is 0 Å². The summed E-state index contributed by atoms with van der Waals surface area (Å²) in [5.74, 6) is 1.48. The first-order valence-corrected chi connectivity index (χ1v) is 7.59. The molecule has 7 heteroatoms. The third kappa shape index (κ3) is 4.59. The van der Waals surface area contributed by atoms with Gasteiger partial charge in [0.25, 0.3) is 0 Å². The molecule has 2 aliphatic rings. The summed E-state index contributed by atoms with van der Waals surface area (Å²) in [4.78, 5) is 4.46. The Morgan fingerprint density at radius 1 is 1.00 bits per heavy atom. The summed E-state index contributed by atoms with van der Waals surface area (Å²) in [6.07, 6.45) is 0. The number of aromatic nitrogens is 1. The van der Waals surface area contributed by atoms with Crippen molar-refractivity contribution in [1.82, 2.24) is 4.98 Å². The Balaban J connectivity index is 0.000000254. The van der Waals surface area contributed by atoms with Crippen LogP contribution in [-0.2, 0) is 14.6 Å². The lowest BCUT2D eigenvalue weighted by molar-refractivity contribution is 0.314. The van der Waals surface area contributed by atoms with Crippen LogP contribution in [0.2, 0.25) is 0 Å². The minimum atomic E-state index is -4.41. The maximum atomic E-state index is 9.22. The van der Waals surface area contributed by atoms with E-state index in [1.165, 1.54) is 0 Å². The highest BCUT2D eigenvalue weighted by Crippen LogP contribution is 2.27. The zero-order valence-corrected chi connectivity index (χ0v) is 12.5. The molecular weight excluding hydrogens is 306 g/mol. The van der Waals surface area contributed by atoms with Gasteiger partial charge in [-0.3, -0.25) is 4.18 Å². The average Bonchev–Trinajstić information content (AvgIpc) is 2.79. The summed E-state index contributed by atoms with van der Waals surface area (Å²) in [5.41, 5.74) is 1.88. The van der Waals surface area contributed by atoms with Gasteiger partial charge in [-0.05, 0) is 18.2 Å². The standard InChI is InChI=1S/C14H10NO.CH4O4S/c1-3-7-11(8-4-1)14-15-12-9-5-2-6-10-13(12)16-14;1-5-6(2,3)4/h1-10H;1H3,(H,2,3,4)/q+1;/p-1. The second kappa shape index (κ2) is 7.08. The highest BCUT2D eigenvalue weighted by Gasteiger charge is 2.24. The molecule has 6 nitrogen and oxygen atoms in total. The maximum Gasteiger partial charge on any atom is 0.461 e. The lowest BCUT2D eigenvalue weighted by Gasteiger charge is -1.98. The first kappa shape index (κ1) is 16.0. The Morgan fingerprint density at radius 3 is 2.14 bits per heavy atom. The zero-order chi connectivity index (χ0) is 16.0. The van der Waals surface area contributed by atoms with E-state index in [-0.39, 0.29) is 0 Å². The molecule has 0 radical (unpaired) electrons. The molecule has 0 saturated carbocycles. The molecule has 1 aromatic rings. The second-order valence-electron chi connectivity index (χ2n) is 4.12. The Kier molecular flexibility index (Phi) is 5.16. The largest absolute Gasteiger partial charge is 0.726 e. The SMILES string of the molecule is COS(=O)(=O)[O-].c1ccc(-c2nc3cccccc-3[o+]2)cc1. The molecule has 1 heterocycles. The van der Waals surface area contributed by atoms with Gasteiger partial charge in [0.15, 0.2) is 5.69 Å². The van der Waals surface area contributed by atoms with Gasteiger partial charge in [0.2, 0.25) is 10.4 Å². The highest BCUT2D eigenvalue weighted by atomic mass is 32.3. The molecule has 1 aliphatic carbocycles. The van der Waals surface area contributed by atoms with Gasteiger partial charge in [0.1, 0.15) is 5.56 Å². The van der Waals surface area contributed by atoms with Crippen LogP contribution in [0, 0.1) is 0 Å². The van der Waals surface area contributed by atoms with Crippen LogP contribution in [0.25, 0.3) is 22.9 Å². The number of hydrogen-bond acceptors (Lipinski definition) is 5. The van der Waals surface area contributed by atoms with Crippen molar-refractivity contribution in [2.75, 3.05) is 7.11 Å². The maximum absolute atomic E-state index is 9.22. The summed E-state index contributed by atoms with van der Waals surface area (Å²) < 4.78 is 36.7. The van der Waals surface area contributed by atoms with Crippen molar-refractivity contribution in [2.24, 2.45) is 0 Å². The molecule has 1 aromatic carbocycles. The number of rotatable bonds is 2. The quantitative estimate of drug-likeness (QED) is 0.410. The van der Waals surface area contributed by atoms with Crippen molar-refractivity contribution in [2.45, 2.75) is 0 Å². The minimum Gasteiger partial charge on any atom is -0.726 e.